The molecule has 1 aromatic rings. The van der Waals surface area contributed by atoms with Gasteiger partial charge in [0.2, 0.25) is 5.91 Å². The molecule has 2 rings (SSSR count). The van der Waals surface area contributed by atoms with Gasteiger partial charge in [0.15, 0.2) is 9.84 Å². The minimum Gasteiger partial charge on any atom is -0.399 e. The summed E-state index contributed by atoms with van der Waals surface area (Å²) in [6.07, 6.45) is 3.13. The topological polar surface area (TPSA) is 80.5 Å². The second-order valence-electron chi connectivity index (χ2n) is 4.48. The highest BCUT2D eigenvalue weighted by Gasteiger charge is 2.23. The molecule has 0 unspecified atom stereocenters. The Kier molecular flexibility index (Phi) is 3.90. The number of benzene rings is 1. The first-order chi connectivity index (χ1) is 8.96. The van der Waals surface area contributed by atoms with E-state index in [0.29, 0.717) is 5.69 Å². The second kappa shape index (κ2) is 5.44. The fraction of sp³-hybridized carbons (Fsp3) is 0.308. The van der Waals surface area contributed by atoms with Gasteiger partial charge in [-0.3, -0.25) is 4.79 Å². The number of hydrogen-bond donors (Lipinski definition) is 1. The van der Waals surface area contributed by atoms with E-state index < -0.39 is 9.84 Å². The predicted octanol–water partition coefficient (Wildman–Crippen LogP) is 0.539. The molecule has 19 heavy (non-hydrogen) atoms. The number of rotatable bonds is 2. The Labute approximate surface area is 112 Å². The molecule has 1 fully saturated rings. The lowest BCUT2D eigenvalue weighted by molar-refractivity contribution is -0.125. The van der Waals surface area contributed by atoms with Gasteiger partial charge >= 0.3 is 0 Å². The minimum absolute atomic E-state index is 0.0465. The number of amides is 1. The van der Waals surface area contributed by atoms with Gasteiger partial charge in [0.25, 0.3) is 0 Å². The van der Waals surface area contributed by atoms with E-state index in [1.165, 1.54) is 6.08 Å². The largest absolute Gasteiger partial charge is 0.399 e. The minimum atomic E-state index is -2.96. The highest BCUT2D eigenvalue weighted by Crippen LogP contribution is 2.09. The van der Waals surface area contributed by atoms with Crippen molar-refractivity contribution in [3.63, 3.8) is 0 Å². The van der Waals surface area contributed by atoms with Gasteiger partial charge in [-0.15, -0.1) is 0 Å². The van der Waals surface area contributed by atoms with Gasteiger partial charge in [-0.1, -0.05) is 12.1 Å². The summed E-state index contributed by atoms with van der Waals surface area (Å²) in [7, 11) is -2.96. The number of anilines is 1. The summed E-state index contributed by atoms with van der Waals surface area (Å²) in [5, 5.41) is 0. The summed E-state index contributed by atoms with van der Waals surface area (Å²) in [4.78, 5) is 13.4. The summed E-state index contributed by atoms with van der Waals surface area (Å²) in [5.74, 6) is -0.0762. The van der Waals surface area contributed by atoms with Crippen LogP contribution >= 0.6 is 0 Å². The Morgan fingerprint density at radius 3 is 2.58 bits per heavy atom. The van der Waals surface area contributed by atoms with Gasteiger partial charge in [0, 0.05) is 24.9 Å². The first-order valence-electron chi connectivity index (χ1n) is 5.99. The molecule has 0 atom stereocenters. The monoisotopic (exact) mass is 280 g/mol. The van der Waals surface area contributed by atoms with E-state index in [0.717, 1.165) is 5.56 Å². The molecule has 0 aliphatic carbocycles. The van der Waals surface area contributed by atoms with E-state index in [9.17, 15) is 13.2 Å². The van der Waals surface area contributed by atoms with Crippen LogP contribution in [0.1, 0.15) is 5.56 Å². The maximum absolute atomic E-state index is 11.9. The van der Waals surface area contributed by atoms with Gasteiger partial charge in [-0.05, 0) is 23.8 Å². The first-order valence-corrected chi connectivity index (χ1v) is 7.81. The fourth-order valence-corrected chi connectivity index (χ4v) is 3.07. The highest BCUT2D eigenvalue weighted by atomic mass is 32.2. The lowest BCUT2D eigenvalue weighted by Gasteiger charge is -2.25. The molecule has 1 amide bonds. The Bertz CT molecular complexity index is 594. The van der Waals surface area contributed by atoms with Crippen molar-refractivity contribution in [2.24, 2.45) is 0 Å². The average molecular weight is 280 g/mol. The number of hydrogen-bond acceptors (Lipinski definition) is 4. The molecule has 0 aromatic heterocycles. The van der Waals surface area contributed by atoms with E-state index in [4.69, 9.17) is 5.73 Å². The molecular formula is C13H16N2O3S. The van der Waals surface area contributed by atoms with E-state index in [-0.39, 0.29) is 30.5 Å². The van der Waals surface area contributed by atoms with Crippen LogP contribution in [0.25, 0.3) is 6.08 Å². The molecule has 0 spiro atoms. The van der Waals surface area contributed by atoms with Crippen LogP contribution in [0.5, 0.6) is 0 Å². The number of nitrogens with zero attached hydrogens (tertiary/aromatic N) is 1. The van der Waals surface area contributed by atoms with Crippen LogP contribution < -0.4 is 5.73 Å². The van der Waals surface area contributed by atoms with Crippen molar-refractivity contribution in [2.45, 2.75) is 0 Å². The molecule has 2 N–H and O–H groups in total. The second-order valence-corrected chi connectivity index (χ2v) is 6.78. The van der Waals surface area contributed by atoms with E-state index >= 15 is 0 Å². The van der Waals surface area contributed by atoms with Crippen LogP contribution in [0.15, 0.2) is 30.3 Å². The third-order valence-electron chi connectivity index (χ3n) is 2.99. The Balaban J connectivity index is 1.98. The number of carbonyl (C=O) groups excluding carboxylic acids is 1. The van der Waals surface area contributed by atoms with Gasteiger partial charge in [0.1, 0.15) is 0 Å². The Morgan fingerprint density at radius 1 is 1.26 bits per heavy atom. The number of nitrogen functional groups attached to an aromatic ring is 1. The maximum Gasteiger partial charge on any atom is 0.246 e. The number of nitrogens with two attached hydrogens (primary N) is 1. The van der Waals surface area contributed by atoms with Crippen molar-refractivity contribution < 1.29 is 13.2 Å². The molecule has 0 radical (unpaired) electrons. The van der Waals surface area contributed by atoms with Gasteiger partial charge in [-0.2, -0.15) is 0 Å². The average Bonchev–Trinajstić information content (AvgIpc) is 2.36. The van der Waals surface area contributed by atoms with E-state index in [1.807, 2.05) is 12.1 Å². The lowest BCUT2D eigenvalue weighted by atomic mass is 10.2. The van der Waals surface area contributed by atoms with Crippen LogP contribution in [0.4, 0.5) is 5.69 Å². The van der Waals surface area contributed by atoms with Gasteiger partial charge in [-0.25, -0.2) is 8.42 Å². The van der Waals surface area contributed by atoms with Gasteiger partial charge < -0.3 is 10.6 Å². The number of carbonyl (C=O) groups is 1. The molecule has 1 saturated heterocycles. The molecule has 5 nitrogen and oxygen atoms in total. The van der Waals surface area contributed by atoms with Crippen LogP contribution in [-0.2, 0) is 14.6 Å². The number of sulfone groups is 1. The zero-order valence-electron chi connectivity index (χ0n) is 10.5. The smallest absolute Gasteiger partial charge is 0.246 e. The van der Waals surface area contributed by atoms with Crippen molar-refractivity contribution in [2.75, 3.05) is 30.3 Å². The maximum atomic E-state index is 11.9. The highest BCUT2D eigenvalue weighted by molar-refractivity contribution is 7.91. The standard InChI is InChI=1S/C13H16N2O3S/c14-12-3-1-2-11(10-12)4-5-13(16)15-6-8-19(17,18)9-7-15/h1-5,10H,6-9,14H2/b5-4+. The quantitative estimate of drug-likeness (QED) is 0.633. The van der Waals surface area contributed by atoms with Crippen molar-refractivity contribution in [3.8, 4) is 0 Å². The fourth-order valence-electron chi connectivity index (χ4n) is 1.87. The van der Waals surface area contributed by atoms with Gasteiger partial charge in [0.05, 0.1) is 11.5 Å². The Hall–Kier alpha value is -1.82. The van der Waals surface area contributed by atoms with Crippen molar-refractivity contribution in [3.05, 3.63) is 35.9 Å². The van der Waals surface area contributed by atoms with Crippen LogP contribution in [0.3, 0.4) is 0 Å². The third kappa shape index (κ3) is 3.82. The zero-order chi connectivity index (χ0) is 13.9. The summed E-state index contributed by atoms with van der Waals surface area (Å²) >= 11 is 0. The molecular weight excluding hydrogens is 264 g/mol. The molecule has 6 heteroatoms. The summed E-state index contributed by atoms with van der Waals surface area (Å²) in [6, 6.07) is 7.20. The summed E-state index contributed by atoms with van der Waals surface area (Å²) in [5.41, 5.74) is 7.12. The molecule has 1 aliphatic rings. The lowest BCUT2D eigenvalue weighted by Crippen LogP contribution is -2.43. The van der Waals surface area contributed by atoms with Crippen molar-refractivity contribution >= 4 is 27.5 Å². The van der Waals surface area contributed by atoms with E-state index in [1.54, 1.807) is 23.1 Å². The first kappa shape index (κ1) is 13.6. The van der Waals surface area contributed by atoms with Crippen molar-refractivity contribution in [1.29, 1.82) is 0 Å². The normalized spacial score (nSPS) is 18.6. The van der Waals surface area contributed by atoms with Crippen molar-refractivity contribution in [1.82, 2.24) is 4.90 Å². The molecule has 102 valence electrons. The molecule has 1 aliphatic heterocycles. The van der Waals surface area contributed by atoms with E-state index in [2.05, 4.69) is 0 Å². The third-order valence-corrected chi connectivity index (χ3v) is 4.59. The molecule has 0 saturated carbocycles. The summed E-state index contributed by atoms with van der Waals surface area (Å²) < 4.78 is 22.5. The molecule has 0 bridgehead atoms. The summed E-state index contributed by atoms with van der Waals surface area (Å²) in [6.45, 7) is 0.533. The SMILES string of the molecule is Nc1cccc(/C=C/C(=O)N2CCS(=O)(=O)CC2)c1. The zero-order valence-corrected chi connectivity index (χ0v) is 11.3. The molecule has 1 heterocycles. The van der Waals surface area contributed by atoms with Crippen LogP contribution in [0, 0.1) is 0 Å². The molecule has 1 aromatic carbocycles. The van der Waals surface area contributed by atoms with Crippen LogP contribution in [0.2, 0.25) is 0 Å². The van der Waals surface area contributed by atoms with Crippen LogP contribution in [-0.4, -0.2) is 43.8 Å². The predicted molar refractivity (Wildman–Crippen MR) is 75.1 cm³/mol. The Morgan fingerprint density at radius 2 is 1.95 bits per heavy atom.